The summed E-state index contributed by atoms with van der Waals surface area (Å²) in [7, 11) is 1.77. The van der Waals surface area contributed by atoms with Crippen molar-refractivity contribution in [2.24, 2.45) is 4.99 Å². The number of hydrogen-bond acceptors (Lipinski definition) is 2. The fourth-order valence-corrected chi connectivity index (χ4v) is 3.55. The van der Waals surface area contributed by atoms with Gasteiger partial charge in [0.1, 0.15) is 5.82 Å². The Labute approximate surface area is 168 Å². The van der Waals surface area contributed by atoms with Crippen molar-refractivity contribution in [1.29, 1.82) is 0 Å². The molecule has 1 aromatic rings. The smallest absolute Gasteiger partial charge is 0.191 e. The molecule has 2 aliphatic rings. The molecule has 0 bridgehead atoms. The molecule has 2 N–H and O–H groups in total. The molecule has 2 atom stereocenters. The molecule has 24 heavy (non-hydrogen) atoms. The third-order valence-corrected chi connectivity index (χ3v) is 5.29. The Balaban J connectivity index is 0.00000208. The van der Waals surface area contributed by atoms with Crippen molar-refractivity contribution in [3.63, 3.8) is 0 Å². The van der Waals surface area contributed by atoms with E-state index >= 15 is 0 Å². The van der Waals surface area contributed by atoms with Gasteiger partial charge in [-0.15, -0.1) is 24.0 Å². The zero-order valence-corrected chi connectivity index (χ0v) is 18.0. The standard InChI is InChI=1S/C17H24BrFN4.HI/c1-11-7-13(10-23(11)14-4-5-14)22-17(20-2)21-9-12-3-6-15(18)16(19)8-12;/h3,6,8,11,13-14H,4-5,7,9-10H2,1-2H3,(H2,20,21,22);1H. The summed E-state index contributed by atoms with van der Waals surface area (Å²) in [5.74, 6) is 0.542. The topological polar surface area (TPSA) is 39.7 Å². The van der Waals surface area contributed by atoms with Gasteiger partial charge in [-0.1, -0.05) is 6.07 Å². The molecular formula is C17H25BrFIN4. The Hall–Kier alpha value is -0.410. The molecule has 0 amide bonds. The van der Waals surface area contributed by atoms with E-state index in [9.17, 15) is 4.39 Å². The first kappa shape index (κ1) is 19.9. The van der Waals surface area contributed by atoms with Crippen LogP contribution >= 0.6 is 39.9 Å². The first-order valence-corrected chi connectivity index (χ1v) is 9.03. The van der Waals surface area contributed by atoms with E-state index in [1.54, 1.807) is 13.1 Å². The lowest BCUT2D eigenvalue weighted by Gasteiger charge is -2.20. The Morgan fingerprint density at radius 3 is 2.79 bits per heavy atom. The van der Waals surface area contributed by atoms with Crippen molar-refractivity contribution in [2.45, 2.75) is 50.9 Å². The molecule has 1 saturated carbocycles. The number of guanidine groups is 1. The van der Waals surface area contributed by atoms with Gasteiger partial charge in [0.2, 0.25) is 0 Å². The molecule has 2 unspecified atom stereocenters. The van der Waals surface area contributed by atoms with E-state index in [0.29, 0.717) is 23.1 Å². The minimum absolute atomic E-state index is 0. The maximum absolute atomic E-state index is 13.6. The Bertz CT molecular complexity index is 594. The molecule has 2 fully saturated rings. The number of rotatable bonds is 4. The summed E-state index contributed by atoms with van der Waals surface area (Å²) < 4.78 is 14.0. The van der Waals surface area contributed by atoms with E-state index in [1.165, 1.54) is 18.9 Å². The van der Waals surface area contributed by atoms with Crippen LogP contribution in [0, 0.1) is 5.82 Å². The van der Waals surface area contributed by atoms with Gasteiger partial charge in [-0.25, -0.2) is 4.39 Å². The number of likely N-dealkylation sites (tertiary alicyclic amines) is 1. The number of nitrogens with zero attached hydrogens (tertiary/aromatic N) is 2. The second-order valence-corrected chi connectivity index (χ2v) is 7.38. The lowest BCUT2D eigenvalue weighted by Crippen LogP contribution is -2.44. The van der Waals surface area contributed by atoms with E-state index in [1.807, 2.05) is 6.07 Å². The van der Waals surface area contributed by atoms with E-state index in [-0.39, 0.29) is 29.8 Å². The maximum Gasteiger partial charge on any atom is 0.191 e. The maximum atomic E-state index is 13.6. The summed E-state index contributed by atoms with van der Waals surface area (Å²) in [6.45, 7) is 3.94. The SMILES string of the molecule is CN=C(NCc1ccc(Br)c(F)c1)NC1CC(C)N(C2CC2)C1.I. The molecule has 0 spiro atoms. The summed E-state index contributed by atoms with van der Waals surface area (Å²) >= 11 is 3.17. The zero-order chi connectivity index (χ0) is 16.4. The monoisotopic (exact) mass is 510 g/mol. The average Bonchev–Trinajstić information content (AvgIpc) is 3.30. The zero-order valence-electron chi connectivity index (χ0n) is 14.1. The van der Waals surface area contributed by atoms with Crippen molar-refractivity contribution in [1.82, 2.24) is 15.5 Å². The first-order valence-electron chi connectivity index (χ1n) is 8.23. The summed E-state index contributed by atoms with van der Waals surface area (Å²) in [5, 5.41) is 6.77. The second-order valence-electron chi connectivity index (χ2n) is 6.53. The molecule has 1 aromatic carbocycles. The van der Waals surface area contributed by atoms with Crippen LogP contribution in [0.2, 0.25) is 0 Å². The summed E-state index contributed by atoms with van der Waals surface area (Å²) in [6, 6.07) is 7.04. The third kappa shape index (κ3) is 5.05. The molecular weight excluding hydrogens is 486 g/mol. The number of nitrogens with one attached hydrogen (secondary N) is 2. The van der Waals surface area contributed by atoms with Crippen LogP contribution in [0.3, 0.4) is 0 Å². The van der Waals surface area contributed by atoms with E-state index in [4.69, 9.17) is 0 Å². The molecule has 0 aromatic heterocycles. The number of benzene rings is 1. The molecule has 1 aliphatic carbocycles. The van der Waals surface area contributed by atoms with Gasteiger partial charge >= 0.3 is 0 Å². The van der Waals surface area contributed by atoms with Gasteiger partial charge in [-0.2, -0.15) is 0 Å². The van der Waals surface area contributed by atoms with Crippen molar-refractivity contribution in [3.05, 3.63) is 34.1 Å². The predicted octanol–water partition coefficient (Wildman–Crippen LogP) is 3.50. The highest BCUT2D eigenvalue weighted by Gasteiger charge is 2.38. The number of hydrogen-bond donors (Lipinski definition) is 2. The van der Waals surface area contributed by atoms with Crippen LogP contribution in [0.15, 0.2) is 27.7 Å². The molecule has 7 heteroatoms. The van der Waals surface area contributed by atoms with Crippen LogP contribution in [0.1, 0.15) is 31.7 Å². The fourth-order valence-electron chi connectivity index (χ4n) is 3.30. The Morgan fingerprint density at radius 1 is 1.42 bits per heavy atom. The van der Waals surface area contributed by atoms with Gasteiger partial charge in [-0.05, 0) is 59.8 Å². The molecule has 3 rings (SSSR count). The predicted molar refractivity (Wildman–Crippen MR) is 110 cm³/mol. The minimum atomic E-state index is -0.239. The fraction of sp³-hybridized carbons (Fsp3) is 0.588. The van der Waals surface area contributed by atoms with Crippen LogP contribution < -0.4 is 10.6 Å². The largest absolute Gasteiger partial charge is 0.352 e. The Kier molecular flexibility index (Phi) is 7.30. The van der Waals surface area contributed by atoms with Crippen molar-refractivity contribution in [2.75, 3.05) is 13.6 Å². The van der Waals surface area contributed by atoms with Gasteiger partial charge in [-0.3, -0.25) is 9.89 Å². The highest BCUT2D eigenvalue weighted by molar-refractivity contribution is 14.0. The lowest BCUT2D eigenvalue weighted by molar-refractivity contribution is 0.256. The molecule has 0 radical (unpaired) electrons. The Morgan fingerprint density at radius 2 is 2.17 bits per heavy atom. The first-order chi connectivity index (χ1) is 11.1. The second kappa shape index (κ2) is 8.80. The number of aliphatic imine (C=N–C) groups is 1. The van der Waals surface area contributed by atoms with Crippen molar-refractivity contribution >= 4 is 45.9 Å². The van der Waals surface area contributed by atoms with Gasteiger partial charge in [0.15, 0.2) is 5.96 Å². The molecule has 1 heterocycles. The highest BCUT2D eigenvalue weighted by atomic mass is 127. The normalized spacial score (nSPS) is 24.6. The molecule has 1 saturated heterocycles. The van der Waals surface area contributed by atoms with Crippen LogP contribution in [-0.4, -0.2) is 42.6 Å². The van der Waals surface area contributed by atoms with Crippen molar-refractivity contribution in [3.8, 4) is 0 Å². The minimum Gasteiger partial charge on any atom is -0.352 e. The van der Waals surface area contributed by atoms with E-state index in [0.717, 1.165) is 30.5 Å². The van der Waals surface area contributed by atoms with Gasteiger partial charge in [0.25, 0.3) is 0 Å². The number of halogens is 3. The van der Waals surface area contributed by atoms with Gasteiger partial charge in [0, 0.05) is 38.3 Å². The molecule has 134 valence electrons. The lowest BCUT2D eigenvalue weighted by atomic mass is 10.2. The summed E-state index contributed by atoms with van der Waals surface area (Å²) in [4.78, 5) is 6.90. The average molecular weight is 511 g/mol. The van der Waals surface area contributed by atoms with Crippen LogP contribution in [0.25, 0.3) is 0 Å². The molecule has 4 nitrogen and oxygen atoms in total. The van der Waals surface area contributed by atoms with Crippen LogP contribution in [-0.2, 0) is 6.54 Å². The van der Waals surface area contributed by atoms with E-state index < -0.39 is 0 Å². The summed E-state index contributed by atoms with van der Waals surface area (Å²) in [6.07, 6.45) is 3.84. The highest BCUT2D eigenvalue weighted by Crippen LogP contribution is 2.33. The quantitative estimate of drug-likeness (QED) is 0.370. The van der Waals surface area contributed by atoms with Crippen LogP contribution in [0.5, 0.6) is 0 Å². The van der Waals surface area contributed by atoms with Crippen LogP contribution in [0.4, 0.5) is 4.39 Å². The third-order valence-electron chi connectivity index (χ3n) is 4.65. The summed E-state index contributed by atoms with van der Waals surface area (Å²) in [5.41, 5.74) is 0.896. The van der Waals surface area contributed by atoms with Gasteiger partial charge in [0.05, 0.1) is 4.47 Å². The molecule has 1 aliphatic heterocycles. The van der Waals surface area contributed by atoms with E-state index in [2.05, 4.69) is 43.4 Å². The van der Waals surface area contributed by atoms with Crippen molar-refractivity contribution < 1.29 is 4.39 Å². The van der Waals surface area contributed by atoms with Gasteiger partial charge < -0.3 is 10.6 Å².